The standard InChI is InChI=1S/C14H22N2O3/c1-11(2)9-12(6-8-17)10-15-14(18)13-5-3-4-7-16(13)19/h3-5,7,11-12,17H,6,8-10H2,1-2H3,(H,15,18). The molecular formula is C14H22N2O3. The summed E-state index contributed by atoms with van der Waals surface area (Å²) >= 11 is 0. The Morgan fingerprint density at radius 1 is 1.47 bits per heavy atom. The Balaban J connectivity index is 2.54. The van der Waals surface area contributed by atoms with Crippen LogP contribution >= 0.6 is 0 Å². The number of pyridine rings is 1. The lowest BCUT2D eigenvalue weighted by Crippen LogP contribution is -2.40. The fourth-order valence-corrected chi connectivity index (χ4v) is 2.08. The molecule has 0 saturated carbocycles. The number of aliphatic hydroxyl groups is 1. The summed E-state index contributed by atoms with van der Waals surface area (Å²) in [5.41, 5.74) is 0.0924. The first-order valence-corrected chi connectivity index (χ1v) is 6.61. The zero-order chi connectivity index (χ0) is 14.3. The molecule has 0 aromatic carbocycles. The lowest BCUT2D eigenvalue weighted by Gasteiger charge is -2.18. The lowest BCUT2D eigenvalue weighted by molar-refractivity contribution is -0.607. The fourth-order valence-electron chi connectivity index (χ4n) is 2.08. The van der Waals surface area contributed by atoms with E-state index in [9.17, 15) is 10.0 Å². The van der Waals surface area contributed by atoms with E-state index in [2.05, 4.69) is 19.2 Å². The van der Waals surface area contributed by atoms with Gasteiger partial charge in [-0.2, -0.15) is 4.73 Å². The van der Waals surface area contributed by atoms with Crippen molar-refractivity contribution in [3.63, 3.8) is 0 Å². The second kappa shape index (κ2) is 7.74. The van der Waals surface area contributed by atoms with Crippen LogP contribution in [0.15, 0.2) is 24.4 Å². The third-order valence-electron chi connectivity index (χ3n) is 2.95. The average molecular weight is 266 g/mol. The van der Waals surface area contributed by atoms with Gasteiger partial charge in [0.05, 0.1) is 0 Å². The Hall–Kier alpha value is -1.62. The Morgan fingerprint density at radius 3 is 2.79 bits per heavy atom. The van der Waals surface area contributed by atoms with Crippen molar-refractivity contribution in [3.8, 4) is 0 Å². The van der Waals surface area contributed by atoms with Crippen molar-refractivity contribution in [2.75, 3.05) is 13.2 Å². The van der Waals surface area contributed by atoms with E-state index in [1.807, 2.05) is 0 Å². The van der Waals surface area contributed by atoms with Gasteiger partial charge in [-0.15, -0.1) is 0 Å². The Morgan fingerprint density at radius 2 is 2.21 bits per heavy atom. The van der Waals surface area contributed by atoms with Gasteiger partial charge in [-0.05, 0) is 30.7 Å². The average Bonchev–Trinajstić information content (AvgIpc) is 2.36. The van der Waals surface area contributed by atoms with Gasteiger partial charge in [0.15, 0.2) is 6.20 Å². The van der Waals surface area contributed by atoms with Crippen molar-refractivity contribution in [3.05, 3.63) is 35.3 Å². The highest BCUT2D eigenvalue weighted by molar-refractivity contribution is 5.90. The smallest absolute Gasteiger partial charge is 0.317 e. The maximum absolute atomic E-state index is 11.9. The molecule has 0 aliphatic carbocycles. The summed E-state index contributed by atoms with van der Waals surface area (Å²) < 4.78 is 0.554. The molecule has 1 unspecified atom stereocenters. The summed E-state index contributed by atoms with van der Waals surface area (Å²) in [4.78, 5) is 11.9. The quantitative estimate of drug-likeness (QED) is 0.573. The Labute approximate surface area is 113 Å². The van der Waals surface area contributed by atoms with Gasteiger partial charge in [0.2, 0.25) is 0 Å². The number of aliphatic hydroxyl groups excluding tert-OH is 1. The molecule has 0 aliphatic rings. The minimum atomic E-state index is -0.373. The number of rotatable bonds is 7. The van der Waals surface area contributed by atoms with Crippen molar-refractivity contribution in [1.29, 1.82) is 0 Å². The summed E-state index contributed by atoms with van der Waals surface area (Å²) in [6, 6.07) is 4.73. The molecule has 0 fully saturated rings. The van der Waals surface area contributed by atoms with Gasteiger partial charge in [0.25, 0.3) is 5.69 Å². The molecule has 0 saturated heterocycles. The first-order chi connectivity index (χ1) is 9.04. The predicted octanol–water partition coefficient (Wildman–Crippen LogP) is 1.09. The van der Waals surface area contributed by atoms with E-state index in [0.29, 0.717) is 23.6 Å². The maximum Gasteiger partial charge on any atom is 0.317 e. The van der Waals surface area contributed by atoms with Crippen LogP contribution in [-0.4, -0.2) is 24.2 Å². The number of nitrogens with zero attached hydrogens (tertiary/aromatic N) is 1. The number of carbonyl (C=O) groups excluding carboxylic acids is 1. The van der Waals surface area contributed by atoms with Gasteiger partial charge in [0.1, 0.15) is 0 Å². The van der Waals surface area contributed by atoms with Crippen LogP contribution in [0.3, 0.4) is 0 Å². The van der Waals surface area contributed by atoms with E-state index in [1.165, 1.54) is 12.3 Å². The highest BCUT2D eigenvalue weighted by atomic mass is 16.5. The van der Waals surface area contributed by atoms with Gasteiger partial charge in [-0.3, -0.25) is 4.79 Å². The lowest BCUT2D eigenvalue weighted by atomic mass is 9.94. The van der Waals surface area contributed by atoms with Crippen LogP contribution in [0.1, 0.15) is 37.2 Å². The molecule has 0 bridgehead atoms. The first-order valence-electron chi connectivity index (χ1n) is 6.61. The van der Waals surface area contributed by atoms with Crippen LogP contribution < -0.4 is 10.0 Å². The number of hydrogen-bond donors (Lipinski definition) is 2. The SMILES string of the molecule is CC(C)CC(CCO)CNC(=O)c1cccc[n+]1[O-]. The van der Waals surface area contributed by atoms with Crippen LogP contribution in [0.25, 0.3) is 0 Å². The summed E-state index contributed by atoms with van der Waals surface area (Å²) in [5.74, 6) is 0.370. The van der Waals surface area contributed by atoms with Gasteiger partial charge < -0.3 is 15.6 Å². The van der Waals surface area contributed by atoms with Crippen molar-refractivity contribution < 1.29 is 14.6 Å². The van der Waals surface area contributed by atoms with Crippen LogP contribution in [-0.2, 0) is 0 Å². The van der Waals surface area contributed by atoms with Crippen LogP contribution in [0.5, 0.6) is 0 Å². The topological polar surface area (TPSA) is 76.3 Å². The Bertz CT molecular complexity index is 407. The molecule has 1 aromatic rings. The summed E-state index contributed by atoms with van der Waals surface area (Å²) in [5, 5.41) is 23.2. The molecular weight excluding hydrogens is 244 g/mol. The van der Waals surface area contributed by atoms with E-state index < -0.39 is 0 Å². The van der Waals surface area contributed by atoms with E-state index in [1.54, 1.807) is 12.1 Å². The fraction of sp³-hybridized carbons (Fsp3) is 0.571. The highest BCUT2D eigenvalue weighted by Gasteiger charge is 2.17. The van der Waals surface area contributed by atoms with E-state index >= 15 is 0 Å². The monoisotopic (exact) mass is 266 g/mol. The molecule has 5 heteroatoms. The molecule has 0 radical (unpaired) electrons. The molecule has 0 spiro atoms. The van der Waals surface area contributed by atoms with E-state index in [0.717, 1.165) is 6.42 Å². The van der Waals surface area contributed by atoms with E-state index in [-0.39, 0.29) is 24.1 Å². The predicted molar refractivity (Wildman–Crippen MR) is 72.4 cm³/mol. The summed E-state index contributed by atoms with van der Waals surface area (Å²) in [7, 11) is 0. The number of carbonyl (C=O) groups is 1. The Kier molecular flexibility index (Phi) is 6.29. The van der Waals surface area contributed by atoms with Crippen molar-refractivity contribution in [1.82, 2.24) is 5.32 Å². The molecule has 2 N–H and O–H groups in total. The van der Waals surface area contributed by atoms with Crippen molar-refractivity contribution in [2.45, 2.75) is 26.7 Å². The van der Waals surface area contributed by atoms with Gasteiger partial charge in [0, 0.05) is 25.3 Å². The van der Waals surface area contributed by atoms with Crippen LogP contribution in [0, 0.1) is 17.0 Å². The van der Waals surface area contributed by atoms with Crippen molar-refractivity contribution in [2.24, 2.45) is 11.8 Å². The number of amides is 1. The van der Waals surface area contributed by atoms with E-state index in [4.69, 9.17) is 5.11 Å². The second-order valence-corrected chi connectivity index (χ2v) is 5.13. The van der Waals surface area contributed by atoms with Gasteiger partial charge >= 0.3 is 5.91 Å². The van der Waals surface area contributed by atoms with Crippen LogP contribution in [0.2, 0.25) is 0 Å². The molecule has 0 aliphatic heterocycles. The van der Waals surface area contributed by atoms with Crippen molar-refractivity contribution >= 4 is 5.91 Å². The molecule has 106 valence electrons. The van der Waals surface area contributed by atoms with Crippen LogP contribution in [0.4, 0.5) is 0 Å². The largest absolute Gasteiger partial charge is 0.618 e. The molecule has 1 atom stereocenters. The first kappa shape index (κ1) is 15.4. The zero-order valence-electron chi connectivity index (χ0n) is 11.5. The third kappa shape index (κ3) is 5.26. The molecule has 19 heavy (non-hydrogen) atoms. The van der Waals surface area contributed by atoms with Gasteiger partial charge in [-0.25, -0.2) is 0 Å². The summed E-state index contributed by atoms with van der Waals surface area (Å²) in [6.07, 6.45) is 2.89. The molecule has 1 aromatic heterocycles. The normalized spacial score (nSPS) is 12.4. The van der Waals surface area contributed by atoms with Gasteiger partial charge in [-0.1, -0.05) is 13.8 Å². The molecule has 1 amide bonds. The highest BCUT2D eigenvalue weighted by Crippen LogP contribution is 2.14. The number of hydrogen-bond acceptors (Lipinski definition) is 3. The molecule has 1 heterocycles. The zero-order valence-corrected chi connectivity index (χ0v) is 11.5. The minimum absolute atomic E-state index is 0.0924. The molecule has 1 rings (SSSR count). The number of nitrogens with one attached hydrogen (secondary N) is 1. The summed E-state index contributed by atoms with van der Waals surface area (Å²) in [6.45, 7) is 4.80. The third-order valence-corrected chi connectivity index (χ3v) is 2.95. The maximum atomic E-state index is 11.9. The molecule has 5 nitrogen and oxygen atoms in total. The number of aromatic nitrogens is 1. The minimum Gasteiger partial charge on any atom is -0.618 e. The second-order valence-electron chi connectivity index (χ2n) is 5.13.